The van der Waals surface area contributed by atoms with Crippen LogP contribution in [0.5, 0.6) is 0 Å². The van der Waals surface area contributed by atoms with E-state index in [1.807, 2.05) is 36.8 Å². The lowest BCUT2D eigenvalue weighted by Crippen LogP contribution is -2.53. The predicted octanol–water partition coefficient (Wildman–Crippen LogP) is 3.91. The van der Waals surface area contributed by atoms with Crippen molar-refractivity contribution in [2.75, 3.05) is 29.8 Å². The number of alkyl carbamates (subject to hydrolysis) is 2. The fourth-order valence-corrected chi connectivity index (χ4v) is 5.39. The zero-order valence-corrected chi connectivity index (χ0v) is 26.4. The number of hydrogen-bond donors (Lipinski definition) is 4. The van der Waals surface area contributed by atoms with Gasteiger partial charge in [0.05, 0.1) is 0 Å². The molecule has 0 aliphatic rings. The highest BCUT2D eigenvalue weighted by atomic mass is 32.2. The van der Waals surface area contributed by atoms with Gasteiger partial charge in [-0.3, -0.25) is 9.59 Å². The van der Waals surface area contributed by atoms with Gasteiger partial charge in [0.15, 0.2) is 0 Å². The van der Waals surface area contributed by atoms with Crippen LogP contribution in [0.15, 0.2) is 60.7 Å². The van der Waals surface area contributed by atoms with E-state index < -0.39 is 47.3 Å². The molecule has 3 amide bonds. The number of aliphatic carboxylic acids is 1. The van der Waals surface area contributed by atoms with Crippen molar-refractivity contribution < 1.29 is 38.6 Å². The molecule has 0 fully saturated rings. The average molecular weight is 652 g/mol. The molecule has 3 atom stereocenters. The van der Waals surface area contributed by atoms with Gasteiger partial charge < -0.3 is 30.5 Å². The van der Waals surface area contributed by atoms with E-state index in [4.69, 9.17) is 9.47 Å². The Balaban J connectivity index is 1.94. The van der Waals surface area contributed by atoms with Crippen molar-refractivity contribution in [1.82, 2.24) is 16.0 Å². The van der Waals surface area contributed by atoms with E-state index in [2.05, 4.69) is 16.0 Å². The zero-order chi connectivity index (χ0) is 31.5. The molecule has 43 heavy (non-hydrogen) atoms. The molecule has 2 aromatic carbocycles. The van der Waals surface area contributed by atoms with Crippen LogP contribution in [0.2, 0.25) is 0 Å². The lowest BCUT2D eigenvalue weighted by atomic mass is 10.2. The first-order valence-electron chi connectivity index (χ1n) is 13.4. The Morgan fingerprint density at radius 2 is 1.16 bits per heavy atom. The first kappa shape index (κ1) is 35.8. The highest BCUT2D eigenvalue weighted by molar-refractivity contribution is 8.13. The standard InChI is InChI=1S/C29H37N3O8S3/c1-41-15-13-22(31-28(37)39-17-20-9-5-3-6-10-20)25(33)30-24(26(34)35)19-43-27(36)23(14-16-42-2)32-29(38)40-18-21-11-7-4-8-12-21/h3-12,22-24H,13-19H2,1-2H3,(H,30,33)(H,31,37)(H,32,38)(H,34,35)/t22-,23-,24-/m0/s1. The monoisotopic (exact) mass is 651 g/mol. The van der Waals surface area contributed by atoms with E-state index in [-0.39, 0.29) is 25.4 Å². The molecule has 4 N–H and O–H groups in total. The van der Waals surface area contributed by atoms with Gasteiger partial charge in [0, 0.05) is 5.75 Å². The van der Waals surface area contributed by atoms with E-state index >= 15 is 0 Å². The number of nitrogens with one attached hydrogen (secondary N) is 3. The van der Waals surface area contributed by atoms with Crippen LogP contribution >= 0.6 is 35.3 Å². The molecule has 0 aromatic heterocycles. The van der Waals surface area contributed by atoms with Crippen LogP contribution in [0, 0.1) is 0 Å². The molecule has 0 saturated heterocycles. The largest absolute Gasteiger partial charge is 0.480 e. The number of thioether (sulfide) groups is 3. The second-order valence-electron chi connectivity index (χ2n) is 9.11. The van der Waals surface area contributed by atoms with Gasteiger partial charge in [-0.05, 0) is 48.0 Å². The van der Waals surface area contributed by atoms with Crippen molar-refractivity contribution in [2.24, 2.45) is 0 Å². The molecule has 14 heteroatoms. The van der Waals surface area contributed by atoms with Crippen LogP contribution in [0.1, 0.15) is 24.0 Å². The normalized spacial score (nSPS) is 12.7. The molecule has 0 radical (unpaired) electrons. The van der Waals surface area contributed by atoms with Gasteiger partial charge in [-0.25, -0.2) is 14.4 Å². The number of benzene rings is 2. The smallest absolute Gasteiger partial charge is 0.408 e. The van der Waals surface area contributed by atoms with Gasteiger partial charge in [-0.2, -0.15) is 23.5 Å². The van der Waals surface area contributed by atoms with Crippen LogP contribution in [0.25, 0.3) is 0 Å². The highest BCUT2D eigenvalue weighted by Crippen LogP contribution is 2.14. The third kappa shape index (κ3) is 14.6. The van der Waals surface area contributed by atoms with E-state index in [0.29, 0.717) is 29.7 Å². The van der Waals surface area contributed by atoms with Crippen molar-refractivity contribution in [3.63, 3.8) is 0 Å². The number of rotatable bonds is 18. The summed E-state index contributed by atoms with van der Waals surface area (Å²) in [7, 11) is 0. The molecule has 2 rings (SSSR count). The summed E-state index contributed by atoms with van der Waals surface area (Å²) < 4.78 is 10.4. The van der Waals surface area contributed by atoms with Gasteiger partial charge in [0.25, 0.3) is 0 Å². The second kappa shape index (κ2) is 20.5. The van der Waals surface area contributed by atoms with Crippen molar-refractivity contribution in [3.05, 3.63) is 71.8 Å². The number of ether oxygens (including phenoxy) is 2. The summed E-state index contributed by atoms with van der Waals surface area (Å²) in [6.07, 6.45) is 2.65. The van der Waals surface area contributed by atoms with Crippen LogP contribution in [0.4, 0.5) is 9.59 Å². The molecular weight excluding hydrogens is 615 g/mol. The Bertz CT molecular complexity index is 1170. The molecule has 0 bridgehead atoms. The topological polar surface area (TPSA) is 160 Å². The molecular formula is C29H37N3O8S3. The summed E-state index contributed by atoms with van der Waals surface area (Å²) in [5.41, 5.74) is 1.55. The molecule has 0 aliphatic carbocycles. The molecule has 0 unspecified atom stereocenters. The molecule has 234 valence electrons. The maximum Gasteiger partial charge on any atom is 0.408 e. The lowest BCUT2D eigenvalue weighted by molar-refractivity contribution is -0.141. The zero-order valence-electron chi connectivity index (χ0n) is 24.0. The maximum absolute atomic E-state index is 13.0. The summed E-state index contributed by atoms with van der Waals surface area (Å²) in [5, 5.41) is 16.7. The van der Waals surface area contributed by atoms with E-state index in [1.54, 1.807) is 36.4 Å². The Morgan fingerprint density at radius 1 is 0.698 bits per heavy atom. The average Bonchev–Trinajstić information content (AvgIpc) is 3.01. The predicted molar refractivity (Wildman–Crippen MR) is 170 cm³/mol. The van der Waals surface area contributed by atoms with Gasteiger partial charge in [-0.1, -0.05) is 72.4 Å². The van der Waals surface area contributed by atoms with Crippen molar-refractivity contribution in [1.29, 1.82) is 0 Å². The van der Waals surface area contributed by atoms with Gasteiger partial charge in [0.2, 0.25) is 11.0 Å². The molecule has 2 aromatic rings. The first-order chi connectivity index (χ1) is 20.7. The molecule has 11 nitrogen and oxygen atoms in total. The van der Waals surface area contributed by atoms with Gasteiger partial charge >= 0.3 is 18.2 Å². The van der Waals surface area contributed by atoms with Crippen LogP contribution in [0.3, 0.4) is 0 Å². The summed E-state index contributed by atoms with van der Waals surface area (Å²) in [4.78, 5) is 62.7. The number of hydrogen-bond acceptors (Lipinski definition) is 10. The number of carbonyl (C=O) groups excluding carboxylic acids is 4. The minimum absolute atomic E-state index is 0.00554. The van der Waals surface area contributed by atoms with Gasteiger partial charge in [0.1, 0.15) is 31.3 Å². The Kier molecular flexibility index (Phi) is 17.1. The third-order valence-corrected chi connectivity index (χ3v) is 8.20. The Morgan fingerprint density at radius 3 is 1.63 bits per heavy atom. The summed E-state index contributed by atoms with van der Waals surface area (Å²) in [6.45, 7) is 0.0352. The fourth-order valence-electron chi connectivity index (χ4n) is 3.52. The first-order valence-corrected chi connectivity index (χ1v) is 17.1. The number of amides is 3. The minimum atomic E-state index is -1.42. The van der Waals surface area contributed by atoms with E-state index in [9.17, 15) is 29.1 Å². The Labute approximate surface area is 264 Å². The van der Waals surface area contributed by atoms with Crippen molar-refractivity contribution in [2.45, 2.75) is 44.2 Å². The third-order valence-electron chi connectivity index (χ3n) is 5.84. The number of carboxylic acids is 1. The quantitative estimate of drug-likeness (QED) is 0.185. The van der Waals surface area contributed by atoms with Crippen LogP contribution in [-0.4, -0.2) is 82.2 Å². The van der Waals surface area contributed by atoms with E-state index in [0.717, 1.165) is 11.1 Å². The summed E-state index contributed by atoms with van der Waals surface area (Å²) in [5.74, 6) is -1.26. The highest BCUT2D eigenvalue weighted by Gasteiger charge is 2.29. The van der Waals surface area contributed by atoms with Crippen molar-refractivity contribution in [3.8, 4) is 0 Å². The number of carboxylic acid groups (broad SMARTS) is 1. The second-order valence-corrected chi connectivity index (χ2v) is 12.1. The van der Waals surface area contributed by atoms with Crippen LogP contribution in [-0.2, 0) is 37.1 Å². The maximum atomic E-state index is 13.0. The molecule has 0 heterocycles. The summed E-state index contributed by atoms with van der Waals surface area (Å²) >= 11 is 3.63. The Hall–Kier alpha value is -3.36. The van der Waals surface area contributed by atoms with Crippen LogP contribution < -0.4 is 16.0 Å². The summed E-state index contributed by atoms with van der Waals surface area (Å²) in [6, 6.07) is 14.7. The molecule has 0 aliphatic heterocycles. The molecule has 0 spiro atoms. The minimum Gasteiger partial charge on any atom is -0.480 e. The molecule has 0 saturated carbocycles. The van der Waals surface area contributed by atoms with Crippen molar-refractivity contribution >= 4 is 64.5 Å². The SMILES string of the molecule is CSCC[C@H](NC(=O)OCc1ccccc1)C(=O)N[C@@H](CSC(=O)[C@H](CCSC)NC(=O)OCc1ccccc1)C(=O)O. The fraction of sp³-hybridized carbons (Fsp3) is 0.414. The van der Waals surface area contributed by atoms with Gasteiger partial charge in [-0.15, -0.1) is 0 Å². The number of carbonyl (C=O) groups is 5. The lowest BCUT2D eigenvalue weighted by Gasteiger charge is -2.22. The van der Waals surface area contributed by atoms with E-state index in [1.165, 1.54) is 23.5 Å².